The molecule has 1 heterocycles. The molecule has 1 aliphatic heterocycles. The summed E-state index contributed by atoms with van der Waals surface area (Å²) in [6, 6.07) is 7.60. The van der Waals surface area contributed by atoms with Gasteiger partial charge in [0.2, 0.25) is 5.91 Å². The molecule has 0 atom stereocenters. The molecule has 0 aromatic heterocycles. The zero-order valence-electron chi connectivity index (χ0n) is 11.6. The van der Waals surface area contributed by atoms with Crippen LogP contribution in [0, 0.1) is 0 Å². The fraction of sp³-hybridized carbons (Fsp3) is 0.400. The van der Waals surface area contributed by atoms with E-state index in [0.717, 1.165) is 29.7 Å². The van der Waals surface area contributed by atoms with Gasteiger partial charge in [-0.05, 0) is 47.1 Å². The van der Waals surface area contributed by atoms with Gasteiger partial charge >= 0.3 is 0 Å². The summed E-state index contributed by atoms with van der Waals surface area (Å²) in [6.07, 6.45) is 3.16. The first kappa shape index (κ1) is 15.2. The van der Waals surface area contributed by atoms with Crippen molar-refractivity contribution in [1.82, 2.24) is 4.90 Å². The van der Waals surface area contributed by atoms with E-state index in [9.17, 15) is 4.79 Å². The summed E-state index contributed by atoms with van der Waals surface area (Å²) in [7, 11) is 1.94. The van der Waals surface area contributed by atoms with Crippen LogP contribution in [-0.2, 0) is 9.53 Å². The van der Waals surface area contributed by atoms with Crippen LogP contribution in [-0.4, -0.2) is 44.2 Å². The molecule has 4 nitrogen and oxygen atoms in total. The van der Waals surface area contributed by atoms with Gasteiger partial charge in [0.15, 0.2) is 0 Å². The first-order chi connectivity index (χ1) is 9.65. The molecular weight excluding hydrogens is 320 g/mol. The van der Waals surface area contributed by atoms with Crippen LogP contribution >= 0.6 is 15.9 Å². The summed E-state index contributed by atoms with van der Waals surface area (Å²) >= 11 is 3.42. The summed E-state index contributed by atoms with van der Waals surface area (Å²) in [4.78, 5) is 14.0. The van der Waals surface area contributed by atoms with Gasteiger partial charge in [-0.25, -0.2) is 0 Å². The monoisotopic (exact) mass is 338 g/mol. The largest absolute Gasteiger partial charge is 0.377 e. The predicted octanol–water partition coefficient (Wildman–Crippen LogP) is 2.67. The van der Waals surface area contributed by atoms with Crippen molar-refractivity contribution in [2.24, 2.45) is 0 Å². The Kier molecular flexibility index (Phi) is 5.76. The highest BCUT2D eigenvalue weighted by atomic mass is 79.9. The van der Waals surface area contributed by atoms with Crippen molar-refractivity contribution in [2.75, 3.05) is 38.7 Å². The molecule has 5 heteroatoms. The summed E-state index contributed by atoms with van der Waals surface area (Å²) < 4.78 is 6.29. The van der Waals surface area contributed by atoms with Crippen LogP contribution in [0.25, 0.3) is 0 Å². The van der Waals surface area contributed by atoms with Crippen molar-refractivity contribution >= 4 is 27.5 Å². The lowest BCUT2D eigenvalue weighted by atomic mass is 10.2. The van der Waals surface area contributed by atoms with Crippen molar-refractivity contribution < 1.29 is 9.53 Å². The molecule has 1 aliphatic rings. The molecule has 20 heavy (non-hydrogen) atoms. The van der Waals surface area contributed by atoms with E-state index >= 15 is 0 Å². The number of hydrogen-bond acceptors (Lipinski definition) is 3. The number of rotatable bonds is 5. The minimum absolute atomic E-state index is 0.0169. The molecule has 0 bridgehead atoms. The fourth-order valence-corrected chi connectivity index (χ4v) is 2.50. The predicted molar refractivity (Wildman–Crippen MR) is 83.8 cm³/mol. The van der Waals surface area contributed by atoms with E-state index in [1.807, 2.05) is 36.2 Å². The van der Waals surface area contributed by atoms with E-state index < -0.39 is 0 Å². The molecule has 108 valence electrons. The van der Waals surface area contributed by atoms with Gasteiger partial charge in [0, 0.05) is 11.0 Å². The first-order valence-electron chi connectivity index (χ1n) is 6.64. The highest BCUT2D eigenvalue weighted by Gasteiger charge is 2.11. The Balaban J connectivity index is 1.82. The molecular formula is C15H19BrN2O2. The van der Waals surface area contributed by atoms with E-state index in [1.165, 1.54) is 5.57 Å². The topological polar surface area (TPSA) is 41.6 Å². The number of carbonyl (C=O) groups is 1. The van der Waals surface area contributed by atoms with Gasteiger partial charge in [-0.15, -0.1) is 0 Å². The summed E-state index contributed by atoms with van der Waals surface area (Å²) in [5.41, 5.74) is 2.04. The number of amides is 1. The van der Waals surface area contributed by atoms with Gasteiger partial charge < -0.3 is 10.1 Å². The Morgan fingerprint density at radius 2 is 2.25 bits per heavy atom. The van der Waals surface area contributed by atoms with E-state index in [1.54, 1.807) is 0 Å². The molecule has 1 aromatic rings. The van der Waals surface area contributed by atoms with Crippen LogP contribution in [0.4, 0.5) is 5.69 Å². The third-order valence-electron chi connectivity index (χ3n) is 3.02. The quantitative estimate of drug-likeness (QED) is 0.839. The SMILES string of the molecule is CN(CC(=O)Nc1ccccc1Br)CC1=CCCOC1. The second-order valence-corrected chi connectivity index (χ2v) is 5.76. The number of nitrogens with zero attached hydrogens (tertiary/aromatic N) is 1. The molecule has 0 aliphatic carbocycles. The number of anilines is 1. The standard InChI is InChI=1S/C15H19BrN2O2/c1-18(9-12-5-4-8-20-11-12)10-15(19)17-14-7-3-2-6-13(14)16/h2-3,5-7H,4,8-11H2,1H3,(H,17,19). The Bertz CT molecular complexity index is 502. The van der Waals surface area contributed by atoms with Crippen molar-refractivity contribution in [3.05, 3.63) is 40.4 Å². The van der Waals surface area contributed by atoms with Crippen LogP contribution in [0.5, 0.6) is 0 Å². The van der Waals surface area contributed by atoms with Crippen LogP contribution in [0.15, 0.2) is 40.4 Å². The Labute approximate surface area is 127 Å². The Morgan fingerprint density at radius 3 is 2.95 bits per heavy atom. The van der Waals surface area contributed by atoms with Crippen molar-refractivity contribution in [3.63, 3.8) is 0 Å². The van der Waals surface area contributed by atoms with Crippen LogP contribution in [0.2, 0.25) is 0 Å². The fourth-order valence-electron chi connectivity index (χ4n) is 2.12. The second kappa shape index (κ2) is 7.57. The van der Waals surface area contributed by atoms with E-state index in [-0.39, 0.29) is 5.91 Å². The van der Waals surface area contributed by atoms with E-state index in [0.29, 0.717) is 13.2 Å². The minimum Gasteiger partial charge on any atom is -0.377 e. The normalized spacial score (nSPS) is 15.1. The van der Waals surface area contributed by atoms with Gasteiger partial charge in [0.05, 0.1) is 25.4 Å². The van der Waals surface area contributed by atoms with Gasteiger partial charge in [0.25, 0.3) is 0 Å². The second-order valence-electron chi connectivity index (χ2n) is 4.90. The highest BCUT2D eigenvalue weighted by Crippen LogP contribution is 2.21. The van der Waals surface area contributed by atoms with E-state index in [4.69, 9.17) is 4.74 Å². The van der Waals surface area contributed by atoms with Gasteiger partial charge in [-0.2, -0.15) is 0 Å². The summed E-state index contributed by atoms with van der Waals surface area (Å²) in [5, 5.41) is 2.90. The third kappa shape index (κ3) is 4.74. The molecule has 0 saturated carbocycles. The smallest absolute Gasteiger partial charge is 0.238 e. The molecule has 1 aromatic carbocycles. The van der Waals surface area contributed by atoms with Crippen LogP contribution < -0.4 is 5.32 Å². The first-order valence-corrected chi connectivity index (χ1v) is 7.43. The van der Waals surface area contributed by atoms with Crippen molar-refractivity contribution in [2.45, 2.75) is 6.42 Å². The zero-order chi connectivity index (χ0) is 14.4. The number of benzene rings is 1. The third-order valence-corrected chi connectivity index (χ3v) is 3.71. The lowest BCUT2D eigenvalue weighted by molar-refractivity contribution is -0.117. The molecule has 1 N–H and O–H groups in total. The number of likely N-dealkylation sites (N-methyl/N-ethyl adjacent to an activating group) is 1. The molecule has 0 unspecified atom stereocenters. The van der Waals surface area contributed by atoms with Crippen LogP contribution in [0.1, 0.15) is 6.42 Å². The van der Waals surface area contributed by atoms with E-state index in [2.05, 4.69) is 27.3 Å². The van der Waals surface area contributed by atoms with Gasteiger partial charge in [-0.3, -0.25) is 9.69 Å². The average Bonchev–Trinajstić information content (AvgIpc) is 2.42. The average molecular weight is 339 g/mol. The molecule has 2 rings (SSSR count). The molecule has 0 fully saturated rings. The van der Waals surface area contributed by atoms with Crippen molar-refractivity contribution in [1.29, 1.82) is 0 Å². The minimum atomic E-state index is -0.0169. The summed E-state index contributed by atoms with van der Waals surface area (Å²) in [6.45, 7) is 2.61. The van der Waals surface area contributed by atoms with Gasteiger partial charge in [0.1, 0.15) is 0 Å². The molecule has 0 spiro atoms. The number of hydrogen-bond donors (Lipinski definition) is 1. The lowest BCUT2D eigenvalue weighted by Gasteiger charge is -2.20. The Morgan fingerprint density at radius 1 is 1.45 bits per heavy atom. The Hall–Kier alpha value is -1.17. The number of ether oxygens (including phenoxy) is 1. The molecule has 0 radical (unpaired) electrons. The molecule has 1 amide bonds. The zero-order valence-corrected chi connectivity index (χ0v) is 13.1. The van der Waals surface area contributed by atoms with Crippen molar-refractivity contribution in [3.8, 4) is 0 Å². The van der Waals surface area contributed by atoms with Crippen LogP contribution in [0.3, 0.4) is 0 Å². The highest BCUT2D eigenvalue weighted by molar-refractivity contribution is 9.10. The van der Waals surface area contributed by atoms with Gasteiger partial charge in [-0.1, -0.05) is 18.2 Å². The summed E-state index contributed by atoms with van der Waals surface area (Å²) in [5.74, 6) is -0.0169. The lowest BCUT2D eigenvalue weighted by Crippen LogP contribution is -2.32. The maximum Gasteiger partial charge on any atom is 0.238 e. The number of para-hydroxylation sites is 1. The number of nitrogens with one attached hydrogen (secondary N) is 1. The molecule has 0 saturated heterocycles. The number of carbonyl (C=O) groups excluding carboxylic acids is 1. The maximum absolute atomic E-state index is 12.0. The maximum atomic E-state index is 12.0. The number of halogens is 1.